The Bertz CT molecular complexity index is 1820. The second-order valence-corrected chi connectivity index (χ2v) is 8.71. The largest absolute Gasteiger partial charge is 0.423 e. The zero-order valence-electron chi connectivity index (χ0n) is 23.0. The lowest BCUT2D eigenvalue weighted by Gasteiger charge is -2.06. The summed E-state index contributed by atoms with van der Waals surface area (Å²) in [6, 6.07) is 26.6. The molecule has 0 heterocycles. The van der Waals surface area contributed by atoms with Gasteiger partial charge in [-0.05, 0) is 77.9 Å². The van der Waals surface area contributed by atoms with E-state index < -0.39 is 17.9 Å². The van der Waals surface area contributed by atoms with Gasteiger partial charge in [-0.15, -0.1) is 0 Å². The fourth-order valence-electron chi connectivity index (χ4n) is 3.61. The number of benzene rings is 4. The molecular weight excluding hydrogens is 540 g/mol. The minimum Gasteiger partial charge on any atom is -0.423 e. The third kappa shape index (κ3) is 8.56. The second kappa shape index (κ2) is 14.3. The Kier molecular flexibility index (Phi) is 9.86. The zero-order valence-corrected chi connectivity index (χ0v) is 23.0. The summed E-state index contributed by atoms with van der Waals surface area (Å²) in [6.45, 7) is 10.2. The molecule has 0 spiro atoms. The average Bonchev–Trinajstić information content (AvgIpc) is 3.04. The van der Waals surface area contributed by atoms with Crippen LogP contribution in [-0.2, 0) is 14.4 Å². The molecule has 6 nitrogen and oxygen atoms in total. The van der Waals surface area contributed by atoms with Gasteiger partial charge in [0.15, 0.2) is 0 Å². The Morgan fingerprint density at radius 2 is 0.884 bits per heavy atom. The van der Waals surface area contributed by atoms with E-state index in [1.165, 1.54) is 0 Å². The highest BCUT2D eigenvalue weighted by Gasteiger charge is 2.07. The molecule has 0 radical (unpaired) electrons. The highest BCUT2D eigenvalue weighted by Crippen LogP contribution is 2.24. The van der Waals surface area contributed by atoms with Crippen LogP contribution in [0.3, 0.4) is 0 Å². The first-order chi connectivity index (χ1) is 20.9. The molecule has 4 aromatic carbocycles. The summed E-state index contributed by atoms with van der Waals surface area (Å²) in [6.07, 6.45) is 3.27. The predicted octanol–water partition coefficient (Wildman–Crippen LogP) is 6.43. The summed E-state index contributed by atoms with van der Waals surface area (Å²) in [5.41, 5.74) is 4.47. The fraction of sp³-hybridized carbons (Fsp3) is 0. The molecule has 0 unspecified atom stereocenters. The Hall–Kier alpha value is -6.37. The lowest BCUT2D eigenvalue weighted by atomic mass is 10.0. The summed E-state index contributed by atoms with van der Waals surface area (Å²) in [5.74, 6) is 11.6. The first kappa shape index (κ1) is 29.6. The van der Waals surface area contributed by atoms with Crippen molar-refractivity contribution in [3.63, 3.8) is 0 Å². The predicted molar refractivity (Wildman–Crippen MR) is 164 cm³/mol. The number of hydrogen-bond donors (Lipinski definition) is 0. The minimum atomic E-state index is -0.618. The third-order valence-corrected chi connectivity index (χ3v) is 5.75. The van der Waals surface area contributed by atoms with E-state index in [9.17, 15) is 14.4 Å². The van der Waals surface area contributed by atoms with Crippen LogP contribution in [0.1, 0.15) is 22.3 Å². The van der Waals surface area contributed by atoms with Crippen LogP contribution in [0.15, 0.2) is 129 Å². The summed E-state index contributed by atoms with van der Waals surface area (Å²) >= 11 is 0. The molecule has 208 valence electrons. The van der Waals surface area contributed by atoms with Gasteiger partial charge in [-0.1, -0.05) is 67.7 Å². The molecule has 0 amide bonds. The van der Waals surface area contributed by atoms with Gasteiger partial charge in [0.2, 0.25) is 0 Å². The first-order valence-corrected chi connectivity index (χ1v) is 12.9. The summed E-state index contributed by atoms with van der Waals surface area (Å²) in [4.78, 5) is 34.7. The number of carbonyl (C=O) groups is 3. The minimum absolute atomic E-state index is 0.254. The van der Waals surface area contributed by atoms with E-state index in [4.69, 9.17) is 14.2 Å². The molecule has 0 saturated carbocycles. The van der Waals surface area contributed by atoms with E-state index in [1.807, 2.05) is 36.4 Å². The number of hydrogen-bond acceptors (Lipinski definition) is 6. The van der Waals surface area contributed by atoms with Gasteiger partial charge in [0.25, 0.3) is 0 Å². The van der Waals surface area contributed by atoms with Crippen LogP contribution >= 0.6 is 0 Å². The molecule has 0 atom stereocenters. The number of ether oxygens (including phenoxy) is 3. The van der Waals surface area contributed by atoms with Crippen LogP contribution in [0.2, 0.25) is 0 Å². The van der Waals surface area contributed by atoms with Crippen molar-refractivity contribution in [1.29, 1.82) is 0 Å². The summed E-state index contributed by atoms with van der Waals surface area (Å²) in [5, 5.41) is 0. The third-order valence-electron chi connectivity index (χ3n) is 5.75. The van der Waals surface area contributed by atoms with E-state index in [0.29, 0.717) is 28.2 Å². The average molecular weight is 565 g/mol. The van der Waals surface area contributed by atoms with E-state index in [1.54, 1.807) is 54.6 Å². The van der Waals surface area contributed by atoms with Crippen molar-refractivity contribution in [2.75, 3.05) is 0 Å². The smallest absolute Gasteiger partial charge is 0.335 e. The van der Waals surface area contributed by atoms with Gasteiger partial charge in [-0.2, -0.15) is 0 Å². The van der Waals surface area contributed by atoms with Crippen LogP contribution in [0.5, 0.6) is 17.2 Å². The molecule has 4 aromatic rings. The summed E-state index contributed by atoms with van der Waals surface area (Å²) < 4.78 is 15.6. The Labute approximate surface area is 249 Å². The van der Waals surface area contributed by atoms with Crippen LogP contribution in [0.25, 0.3) is 11.1 Å². The molecule has 0 aromatic heterocycles. The highest BCUT2D eigenvalue weighted by molar-refractivity contribution is 5.84. The van der Waals surface area contributed by atoms with Crippen molar-refractivity contribution >= 4 is 17.9 Å². The number of carbonyl (C=O) groups excluding carboxylic acids is 3. The Morgan fingerprint density at radius 1 is 0.488 bits per heavy atom. The van der Waals surface area contributed by atoms with Crippen LogP contribution in [0.4, 0.5) is 0 Å². The van der Waals surface area contributed by atoms with Gasteiger partial charge in [-0.3, -0.25) is 0 Å². The maximum atomic E-state index is 12.0. The molecule has 0 aliphatic carbocycles. The topological polar surface area (TPSA) is 78.9 Å². The second-order valence-electron chi connectivity index (χ2n) is 8.71. The summed E-state index contributed by atoms with van der Waals surface area (Å²) in [7, 11) is 0. The number of rotatable bonds is 7. The molecule has 43 heavy (non-hydrogen) atoms. The molecule has 0 saturated heterocycles. The fourth-order valence-corrected chi connectivity index (χ4v) is 3.61. The Balaban J connectivity index is 1.51. The van der Waals surface area contributed by atoms with Gasteiger partial charge in [0, 0.05) is 34.9 Å². The first-order valence-electron chi connectivity index (χ1n) is 12.9. The monoisotopic (exact) mass is 564 g/mol. The van der Waals surface area contributed by atoms with E-state index in [0.717, 1.165) is 34.9 Å². The normalized spacial score (nSPS) is 9.58. The standard InChI is InChI=1S/C37H24O6/c1-4-35(38)41-32-21-13-26(14-22-32)7-8-28-12-18-31(34(25-28)43-37(40)6-3)17-11-27-9-15-29(16-10-27)30-19-23-33(24-20-30)42-36(39)5-2/h4-6,9-10,12-16,18-25H,1-3H2. The van der Waals surface area contributed by atoms with E-state index >= 15 is 0 Å². The van der Waals surface area contributed by atoms with Crippen LogP contribution in [-0.4, -0.2) is 17.9 Å². The van der Waals surface area contributed by atoms with Crippen molar-refractivity contribution in [1.82, 2.24) is 0 Å². The SMILES string of the molecule is C=CC(=O)Oc1ccc(C#Cc2ccc(C#Cc3ccc(-c4ccc(OC(=O)C=C)cc4)cc3)c(OC(=O)C=C)c2)cc1. The molecule has 0 aliphatic heterocycles. The van der Waals surface area contributed by atoms with Crippen molar-refractivity contribution in [2.24, 2.45) is 0 Å². The Morgan fingerprint density at radius 3 is 1.42 bits per heavy atom. The van der Waals surface area contributed by atoms with Crippen molar-refractivity contribution in [2.45, 2.75) is 0 Å². The van der Waals surface area contributed by atoms with E-state index in [2.05, 4.69) is 43.4 Å². The van der Waals surface area contributed by atoms with E-state index in [-0.39, 0.29) is 5.75 Å². The zero-order chi connectivity index (χ0) is 30.6. The van der Waals surface area contributed by atoms with Crippen molar-refractivity contribution in [3.8, 4) is 52.1 Å². The molecule has 0 aliphatic rings. The lowest BCUT2D eigenvalue weighted by molar-refractivity contribution is -0.129. The quantitative estimate of drug-likeness (QED) is 0.111. The van der Waals surface area contributed by atoms with Crippen LogP contribution < -0.4 is 14.2 Å². The maximum absolute atomic E-state index is 12.0. The molecule has 0 bridgehead atoms. The van der Waals surface area contributed by atoms with Gasteiger partial charge in [0.1, 0.15) is 17.2 Å². The van der Waals surface area contributed by atoms with Crippen molar-refractivity contribution < 1.29 is 28.6 Å². The number of esters is 3. The molecule has 0 N–H and O–H groups in total. The highest BCUT2D eigenvalue weighted by atomic mass is 16.5. The molecular formula is C37H24O6. The molecule has 6 heteroatoms. The molecule has 4 rings (SSSR count). The maximum Gasteiger partial charge on any atom is 0.335 e. The lowest BCUT2D eigenvalue weighted by Crippen LogP contribution is -2.04. The van der Waals surface area contributed by atoms with Gasteiger partial charge in [-0.25, -0.2) is 14.4 Å². The van der Waals surface area contributed by atoms with Crippen molar-refractivity contribution in [3.05, 3.63) is 151 Å². The van der Waals surface area contributed by atoms with Gasteiger partial charge in [0.05, 0.1) is 5.56 Å². The van der Waals surface area contributed by atoms with Gasteiger partial charge >= 0.3 is 17.9 Å². The van der Waals surface area contributed by atoms with Gasteiger partial charge < -0.3 is 14.2 Å². The van der Waals surface area contributed by atoms with Crippen LogP contribution in [0, 0.1) is 23.7 Å². The molecule has 0 fully saturated rings.